The minimum absolute atomic E-state index is 0.0345. The van der Waals surface area contributed by atoms with Gasteiger partial charge in [0, 0.05) is 61.2 Å². The molecule has 2 aliphatic heterocycles. The van der Waals surface area contributed by atoms with E-state index in [0.29, 0.717) is 56.5 Å². The fourth-order valence-electron chi connectivity index (χ4n) is 5.41. The van der Waals surface area contributed by atoms with E-state index in [4.69, 9.17) is 4.74 Å². The van der Waals surface area contributed by atoms with Crippen molar-refractivity contribution in [3.63, 3.8) is 0 Å². The lowest BCUT2D eigenvalue weighted by molar-refractivity contribution is 0.0730. The van der Waals surface area contributed by atoms with Gasteiger partial charge in [-0.3, -0.25) is 19.2 Å². The van der Waals surface area contributed by atoms with Gasteiger partial charge in [-0.25, -0.2) is 0 Å². The van der Waals surface area contributed by atoms with E-state index in [0.717, 1.165) is 41.7 Å². The van der Waals surface area contributed by atoms with Crippen molar-refractivity contribution in [1.29, 1.82) is 0 Å². The van der Waals surface area contributed by atoms with Crippen LogP contribution in [0.15, 0.2) is 30.5 Å². The number of likely N-dealkylation sites (N-methyl/N-ethyl adjacent to an activating group) is 1. The van der Waals surface area contributed by atoms with E-state index < -0.39 is 0 Å². The Balaban J connectivity index is 1.36. The number of hydrogen-bond donors (Lipinski definition) is 2. The first kappa shape index (κ1) is 23.6. The first-order valence-electron chi connectivity index (χ1n) is 12.5. The van der Waals surface area contributed by atoms with Crippen molar-refractivity contribution >= 4 is 22.7 Å². The van der Waals surface area contributed by atoms with E-state index in [2.05, 4.69) is 27.2 Å². The molecule has 35 heavy (non-hydrogen) atoms. The molecular formula is C26H34N6O3. The Kier molecular flexibility index (Phi) is 6.88. The molecule has 1 fully saturated rings. The Morgan fingerprint density at radius 2 is 2.14 bits per heavy atom. The van der Waals surface area contributed by atoms with Crippen molar-refractivity contribution in [3.05, 3.63) is 53.0 Å². The topological polar surface area (TPSA) is 95.5 Å². The Hall–Kier alpha value is -3.17. The summed E-state index contributed by atoms with van der Waals surface area (Å²) in [4.78, 5) is 34.0. The van der Waals surface area contributed by atoms with Gasteiger partial charge in [-0.1, -0.05) is 13.0 Å². The smallest absolute Gasteiger partial charge is 0.272 e. The van der Waals surface area contributed by atoms with Gasteiger partial charge in [0.25, 0.3) is 11.8 Å². The maximum atomic E-state index is 13.4. The number of methoxy groups -OCH3 is 1. The number of rotatable bonds is 8. The molecule has 5 rings (SSSR count). The van der Waals surface area contributed by atoms with Crippen molar-refractivity contribution in [2.24, 2.45) is 0 Å². The number of aromatic nitrogens is 3. The Morgan fingerprint density at radius 3 is 2.97 bits per heavy atom. The maximum absolute atomic E-state index is 13.4. The van der Waals surface area contributed by atoms with Gasteiger partial charge in [0.1, 0.15) is 0 Å². The summed E-state index contributed by atoms with van der Waals surface area (Å²) in [6.45, 7) is 6.91. The van der Waals surface area contributed by atoms with Gasteiger partial charge in [0.15, 0.2) is 5.69 Å². The molecule has 9 nitrogen and oxygen atoms in total. The lowest BCUT2D eigenvalue weighted by Gasteiger charge is -2.28. The highest BCUT2D eigenvalue weighted by molar-refractivity contribution is 5.98. The van der Waals surface area contributed by atoms with E-state index in [-0.39, 0.29) is 11.8 Å². The highest BCUT2D eigenvalue weighted by atomic mass is 16.5. The van der Waals surface area contributed by atoms with Crippen LogP contribution in [0.2, 0.25) is 0 Å². The van der Waals surface area contributed by atoms with Gasteiger partial charge >= 0.3 is 0 Å². The van der Waals surface area contributed by atoms with Crippen LogP contribution in [-0.2, 0) is 24.2 Å². The highest BCUT2D eigenvalue weighted by Crippen LogP contribution is 2.25. The zero-order chi connectivity index (χ0) is 24.4. The Morgan fingerprint density at radius 1 is 1.26 bits per heavy atom. The molecule has 2 N–H and O–H groups in total. The van der Waals surface area contributed by atoms with Crippen molar-refractivity contribution in [2.75, 3.05) is 39.9 Å². The van der Waals surface area contributed by atoms with Crippen molar-refractivity contribution in [3.8, 4) is 0 Å². The van der Waals surface area contributed by atoms with Gasteiger partial charge in [0.05, 0.1) is 19.7 Å². The number of nitrogens with one attached hydrogen (secondary N) is 2. The number of fused-ring (bicyclic) bond motifs is 2. The highest BCUT2D eigenvalue weighted by Gasteiger charge is 2.31. The molecule has 0 radical (unpaired) electrons. The monoisotopic (exact) mass is 478 g/mol. The minimum atomic E-state index is -0.164. The van der Waals surface area contributed by atoms with Gasteiger partial charge in [-0.15, -0.1) is 0 Å². The molecular weight excluding hydrogens is 444 g/mol. The third kappa shape index (κ3) is 4.70. The Labute approximate surface area is 205 Å². The molecule has 9 heteroatoms. The van der Waals surface area contributed by atoms with Crippen LogP contribution in [0.4, 0.5) is 0 Å². The first-order chi connectivity index (χ1) is 17.1. The van der Waals surface area contributed by atoms with E-state index in [1.807, 2.05) is 40.0 Å². The number of aromatic amines is 1. The number of carbonyl (C=O) groups is 2. The summed E-state index contributed by atoms with van der Waals surface area (Å²) in [6.07, 6.45) is 4.79. The maximum Gasteiger partial charge on any atom is 0.272 e. The number of H-pyrrole nitrogens is 1. The fourth-order valence-corrected chi connectivity index (χ4v) is 5.41. The zero-order valence-electron chi connectivity index (χ0n) is 20.5. The molecule has 186 valence electrons. The molecule has 0 bridgehead atoms. The number of amides is 2. The van der Waals surface area contributed by atoms with Crippen LogP contribution in [0.1, 0.15) is 51.9 Å². The standard InChI is InChI=1S/C26H34N6O3/c1-3-30-11-4-5-20(30)16-28-25(33)24-21-17-31(12-9-23(21)32(29-24)13-14-35-2)26(34)19-7-6-18-8-10-27-22(18)15-19/h6-8,10,15,20,27H,3-5,9,11-14,16-17H2,1-2H3,(H,28,33). The summed E-state index contributed by atoms with van der Waals surface area (Å²) in [5.74, 6) is -0.199. The SMILES string of the molecule is CCN1CCCC1CNC(=O)c1nn(CCOC)c2c1CN(C(=O)c1ccc3cc[nH]c3c1)CC2. The predicted molar refractivity (Wildman–Crippen MR) is 133 cm³/mol. The molecule has 2 aliphatic rings. The molecule has 1 unspecified atom stereocenters. The van der Waals surface area contributed by atoms with Crippen molar-refractivity contribution in [1.82, 2.24) is 29.9 Å². The number of likely N-dealkylation sites (tertiary alicyclic amines) is 1. The molecule has 1 saturated heterocycles. The van der Waals surface area contributed by atoms with Crippen LogP contribution < -0.4 is 5.32 Å². The number of carbonyl (C=O) groups excluding carboxylic acids is 2. The lowest BCUT2D eigenvalue weighted by Crippen LogP contribution is -2.41. The lowest BCUT2D eigenvalue weighted by atomic mass is 10.0. The van der Waals surface area contributed by atoms with Crippen LogP contribution >= 0.6 is 0 Å². The van der Waals surface area contributed by atoms with Crippen molar-refractivity contribution in [2.45, 2.75) is 45.3 Å². The molecule has 0 saturated carbocycles. The van der Waals surface area contributed by atoms with E-state index in [9.17, 15) is 9.59 Å². The average Bonchev–Trinajstić information content (AvgIpc) is 3.62. The van der Waals surface area contributed by atoms with Crippen LogP contribution in [0.5, 0.6) is 0 Å². The second-order valence-corrected chi connectivity index (χ2v) is 9.38. The third-order valence-corrected chi connectivity index (χ3v) is 7.35. The summed E-state index contributed by atoms with van der Waals surface area (Å²) in [5, 5.41) is 8.88. The second kappa shape index (κ2) is 10.2. The van der Waals surface area contributed by atoms with Crippen molar-refractivity contribution < 1.29 is 14.3 Å². The van der Waals surface area contributed by atoms with E-state index >= 15 is 0 Å². The van der Waals surface area contributed by atoms with Gasteiger partial charge < -0.3 is 19.9 Å². The molecule has 2 aromatic heterocycles. The van der Waals surface area contributed by atoms with Crippen LogP contribution in [0.3, 0.4) is 0 Å². The number of benzene rings is 1. The number of ether oxygens (including phenoxy) is 1. The van der Waals surface area contributed by atoms with E-state index in [1.165, 1.54) is 6.42 Å². The zero-order valence-corrected chi connectivity index (χ0v) is 20.5. The van der Waals surface area contributed by atoms with Gasteiger partial charge in [-0.05, 0) is 49.5 Å². The van der Waals surface area contributed by atoms with Crippen LogP contribution in [0, 0.1) is 0 Å². The molecule has 0 spiro atoms. The normalized spacial score (nSPS) is 18.2. The number of nitrogens with zero attached hydrogens (tertiary/aromatic N) is 4. The fraction of sp³-hybridized carbons (Fsp3) is 0.500. The van der Waals surface area contributed by atoms with Gasteiger partial charge in [0.2, 0.25) is 0 Å². The van der Waals surface area contributed by atoms with Crippen LogP contribution in [-0.4, -0.2) is 82.3 Å². The predicted octanol–water partition coefficient (Wildman–Crippen LogP) is 2.42. The molecule has 1 aromatic carbocycles. The average molecular weight is 479 g/mol. The summed E-state index contributed by atoms with van der Waals surface area (Å²) < 4.78 is 7.14. The molecule has 0 aliphatic carbocycles. The summed E-state index contributed by atoms with van der Waals surface area (Å²) >= 11 is 0. The molecule has 3 aromatic rings. The molecule has 4 heterocycles. The first-order valence-corrected chi connectivity index (χ1v) is 12.5. The second-order valence-electron chi connectivity index (χ2n) is 9.38. The summed E-state index contributed by atoms with van der Waals surface area (Å²) in [5.41, 5.74) is 3.87. The number of hydrogen-bond acceptors (Lipinski definition) is 5. The summed E-state index contributed by atoms with van der Waals surface area (Å²) in [6, 6.07) is 8.07. The van der Waals surface area contributed by atoms with Crippen LogP contribution in [0.25, 0.3) is 10.9 Å². The summed E-state index contributed by atoms with van der Waals surface area (Å²) in [7, 11) is 1.66. The van der Waals surface area contributed by atoms with Gasteiger partial charge in [-0.2, -0.15) is 5.10 Å². The minimum Gasteiger partial charge on any atom is -0.383 e. The molecule has 1 atom stereocenters. The quantitative estimate of drug-likeness (QED) is 0.519. The Bertz CT molecular complexity index is 1220. The third-order valence-electron chi connectivity index (χ3n) is 7.35. The van der Waals surface area contributed by atoms with E-state index in [1.54, 1.807) is 7.11 Å². The largest absolute Gasteiger partial charge is 0.383 e. The molecule has 2 amide bonds.